The summed E-state index contributed by atoms with van der Waals surface area (Å²) in [5.74, 6) is -0.600. The number of carbonyl (C=O) groups excluding carboxylic acids is 1. The molecule has 4 atom stereocenters. The maximum Gasteiger partial charge on any atom is 0.249 e. The number of hydrogen-bond donors (Lipinski definition) is 5. The zero-order valence-corrected chi connectivity index (χ0v) is 35.7. The molecule has 318 valence electrons. The van der Waals surface area contributed by atoms with Crippen LogP contribution in [-0.2, 0) is 4.79 Å². The molecule has 0 aliphatic heterocycles. The van der Waals surface area contributed by atoms with Crippen LogP contribution >= 0.6 is 0 Å². The number of unbranched alkanes of at least 4 members (excludes halogenated alkanes) is 27. The molecule has 0 saturated heterocycles. The molecule has 0 aromatic carbocycles. The van der Waals surface area contributed by atoms with E-state index < -0.39 is 36.9 Å². The minimum Gasteiger partial charge on any atom is -0.394 e. The maximum absolute atomic E-state index is 12.5. The molecule has 0 radical (unpaired) electrons. The Bertz CT molecular complexity index is 858. The van der Waals surface area contributed by atoms with Crippen LogP contribution in [0.5, 0.6) is 0 Å². The van der Waals surface area contributed by atoms with Gasteiger partial charge in [-0.25, -0.2) is 0 Å². The number of hydrogen-bond acceptors (Lipinski definition) is 5. The van der Waals surface area contributed by atoms with Crippen molar-refractivity contribution in [2.75, 3.05) is 6.61 Å². The van der Waals surface area contributed by atoms with Crippen molar-refractivity contribution in [2.24, 2.45) is 0 Å². The molecule has 6 nitrogen and oxygen atoms in total. The molecular weight excluding hydrogens is 671 g/mol. The summed E-state index contributed by atoms with van der Waals surface area (Å²) in [5.41, 5.74) is 0. The Balaban J connectivity index is 3.76. The molecular formula is C48H91NO5. The lowest BCUT2D eigenvalue weighted by atomic mass is 10.00. The molecule has 0 bridgehead atoms. The van der Waals surface area contributed by atoms with Gasteiger partial charge in [-0.1, -0.05) is 204 Å². The van der Waals surface area contributed by atoms with E-state index in [9.17, 15) is 25.2 Å². The first-order valence-electron chi connectivity index (χ1n) is 23.4. The van der Waals surface area contributed by atoms with Crippen LogP contribution in [0.2, 0.25) is 0 Å². The van der Waals surface area contributed by atoms with Crippen molar-refractivity contribution in [1.82, 2.24) is 5.32 Å². The number of rotatable bonds is 42. The van der Waals surface area contributed by atoms with Gasteiger partial charge in [0, 0.05) is 0 Å². The van der Waals surface area contributed by atoms with Crippen molar-refractivity contribution < 1.29 is 25.2 Å². The Hall–Kier alpha value is -1.47. The highest BCUT2D eigenvalue weighted by molar-refractivity contribution is 5.80. The van der Waals surface area contributed by atoms with Crippen molar-refractivity contribution in [3.63, 3.8) is 0 Å². The Morgan fingerprint density at radius 3 is 1.17 bits per heavy atom. The van der Waals surface area contributed by atoms with Gasteiger partial charge in [-0.15, -0.1) is 0 Å². The van der Waals surface area contributed by atoms with Gasteiger partial charge in [0.05, 0.1) is 18.8 Å². The van der Waals surface area contributed by atoms with E-state index in [1.807, 2.05) is 0 Å². The minimum absolute atomic E-state index is 0.360. The number of allylic oxidation sites excluding steroid dienone is 6. The van der Waals surface area contributed by atoms with Crippen molar-refractivity contribution >= 4 is 5.91 Å². The van der Waals surface area contributed by atoms with Gasteiger partial charge in [0.25, 0.3) is 0 Å². The van der Waals surface area contributed by atoms with Gasteiger partial charge in [0.15, 0.2) is 0 Å². The van der Waals surface area contributed by atoms with E-state index >= 15 is 0 Å². The average molecular weight is 762 g/mol. The highest BCUT2D eigenvalue weighted by Crippen LogP contribution is 2.15. The van der Waals surface area contributed by atoms with Crippen LogP contribution < -0.4 is 5.32 Å². The molecule has 54 heavy (non-hydrogen) atoms. The fourth-order valence-electron chi connectivity index (χ4n) is 7.08. The number of aliphatic hydroxyl groups excluding tert-OH is 4. The van der Waals surface area contributed by atoms with E-state index in [4.69, 9.17) is 0 Å². The van der Waals surface area contributed by atoms with Gasteiger partial charge in [-0.3, -0.25) is 4.79 Å². The second kappa shape index (κ2) is 42.7. The molecule has 5 N–H and O–H groups in total. The van der Waals surface area contributed by atoms with E-state index in [0.29, 0.717) is 19.3 Å². The topological polar surface area (TPSA) is 110 Å². The quantitative estimate of drug-likeness (QED) is 0.0314. The Labute approximate surface area is 335 Å². The lowest BCUT2D eigenvalue weighted by molar-refractivity contribution is -0.132. The second-order valence-electron chi connectivity index (χ2n) is 16.1. The Morgan fingerprint density at radius 1 is 0.444 bits per heavy atom. The van der Waals surface area contributed by atoms with E-state index in [-0.39, 0.29) is 0 Å². The first kappa shape index (κ1) is 52.5. The summed E-state index contributed by atoms with van der Waals surface area (Å²) < 4.78 is 0. The minimum atomic E-state index is -1.29. The van der Waals surface area contributed by atoms with Crippen LogP contribution in [-0.4, -0.2) is 57.3 Å². The standard InChI is InChI=1S/C48H91NO5/c1-3-5-7-9-11-13-15-17-18-19-20-21-22-23-24-25-26-27-28-29-30-32-33-35-37-39-41-45(51)47(53)44(43-50)49-48(54)46(52)42-40-38-36-34-31-16-14-12-10-8-6-4-2/h24-25,28-29,33,35,44-47,50-53H,3-23,26-27,30-32,34,36-43H2,1-2H3,(H,49,54)/b25-24+,29-28+,35-33+. The third kappa shape index (κ3) is 36.2. The fraction of sp³-hybridized carbons (Fsp3) is 0.854. The smallest absolute Gasteiger partial charge is 0.249 e. The molecule has 0 rings (SSSR count). The number of nitrogens with one attached hydrogen (secondary N) is 1. The molecule has 6 heteroatoms. The van der Waals surface area contributed by atoms with Crippen LogP contribution in [0.25, 0.3) is 0 Å². The highest BCUT2D eigenvalue weighted by atomic mass is 16.3. The zero-order chi connectivity index (χ0) is 39.6. The molecule has 0 heterocycles. The normalized spacial score (nSPS) is 14.4. The maximum atomic E-state index is 12.5. The molecule has 0 aromatic heterocycles. The molecule has 0 fully saturated rings. The van der Waals surface area contributed by atoms with Crippen molar-refractivity contribution in [1.29, 1.82) is 0 Å². The summed E-state index contributed by atoms with van der Waals surface area (Å²) in [7, 11) is 0. The van der Waals surface area contributed by atoms with E-state index in [2.05, 4.69) is 55.6 Å². The second-order valence-corrected chi connectivity index (χ2v) is 16.1. The summed E-state index contributed by atoms with van der Waals surface area (Å²) in [6.45, 7) is 4.03. The van der Waals surface area contributed by atoms with Crippen LogP contribution in [0.3, 0.4) is 0 Å². The van der Waals surface area contributed by atoms with Gasteiger partial charge in [0.2, 0.25) is 5.91 Å². The summed E-state index contributed by atoms with van der Waals surface area (Å²) in [6, 6.07) is -1.01. The summed E-state index contributed by atoms with van der Waals surface area (Å²) in [6.07, 6.45) is 50.5. The monoisotopic (exact) mass is 762 g/mol. The molecule has 1 amide bonds. The van der Waals surface area contributed by atoms with E-state index in [0.717, 1.165) is 51.4 Å². The van der Waals surface area contributed by atoms with Gasteiger partial charge < -0.3 is 25.7 Å². The predicted molar refractivity (Wildman–Crippen MR) is 233 cm³/mol. The van der Waals surface area contributed by atoms with E-state index in [1.165, 1.54) is 148 Å². The van der Waals surface area contributed by atoms with Crippen molar-refractivity contribution in [3.8, 4) is 0 Å². The number of amides is 1. The number of carbonyl (C=O) groups is 1. The molecule has 0 spiro atoms. The summed E-state index contributed by atoms with van der Waals surface area (Å²) >= 11 is 0. The van der Waals surface area contributed by atoms with Gasteiger partial charge >= 0.3 is 0 Å². The first-order valence-corrected chi connectivity index (χ1v) is 23.4. The summed E-state index contributed by atoms with van der Waals surface area (Å²) in [5, 5.41) is 43.6. The van der Waals surface area contributed by atoms with Gasteiger partial charge in [-0.05, 0) is 64.2 Å². The van der Waals surface area contributed by atoms with Crippen LogP contribution in [0.15, 0.2) is 36.5 Å². The van der Waals surface area contributed by atoms with Crippen molar-refractivity contribution in [3.05, 3.63) is 36.5 Å². The largest absolute Gasteiger partial charge is 0.394 e. The van der Waals surface area contributed by atoms with Crippen molar-refractivity contribution in [2.45, 2.75) is 257 Å². The molecule has 0 saturated carbocycles. The third-order valence-electron chi connectivity index (χ3n) is 10.8. The Kier molecular flexibility index (Phi) is 41.5. The SMILES string of the molecule is CCCCCCCCCCCCCCC/C=C/CC/C=C/CC/C=C/CCCC(O)C(O)C(CO)NC(=O)C(O)CCCCCCCCCCCCCC. The highest BCUT2D eigenvalue weighted by Gasteiger charge is 2.28. The van der Waals surface area contributed by atoms with Crippen LogP contribution in [0, 0.1) is 0 Å². The molecule has 4 unspecified atom stereocenters. The first-order chi connectivity index (χ1) is 26.5. The third-order valence-corrected chi connectivity index (χ3v) is 10.8. The lowest BCUT2D eigenvalue weighted by Crippen LogP contribution is -2.53. The Morgan fingerprint density at radius 2 is 0.778 bits per heavy atom. The van der Waals surface area contributed by atoms with E-state index in [1.54, 1.807) is 0 Å². The van der Waals surface area contributed by atoms with Gasteiger partial charge in [0.1, 0.15) is 12.2 Å². The average Bonchev–Trinajstić information content (AvgIpc) is 3.18. The number of aliphatic hydroxyl groups is 4. The molecule has 0 aliphatic carbocycles. The predicted octanol–water partition coefficient (Wildman–Crippen LogP) is 12.5. The zero-order valence-electron chi connectivity index (χ0n) is 35.7. The summed E-state index contributed by atoms with van der Waals surface area (Å²) in [4.78, 5) is 12.5. The molecule has 0 aliphatic rings. The lowest BCUT2D eigenvalue weighted by Gasteiger charge is -2.27. The van der Waals surface area contributed by atoms with Crippen LogP contribution in [0.1, 0.15) is 232 Å². The fourth-order valence-corrected chi connectivity index (χ4v) is 7.08. The van der Waals surface area contributed by atoms with Crippen LogP contribution in [0.4, 0.5) is 0 Å². The molecule has 0 aromatic rings. The van der Waals surface area contributed by atoms with Gasteiger partial charge in [-0.2, -0.15) is 0 Å².